The number of nitrogens with two attached hydrogens (primary N) is 1. The summed E-state index contributed by atoms with van der Waals surface area (Å²) in [5, 5.41) is 0. The molecule has 1 atom stereocenters. The molecule has 2 rings (SSSR count). The molecule has 0 radical (unpaired) electrons. The first-order valence-corrected chi connectivity index (χ1v) is 8.96. The summed E-state index contributed by atoms with van der Waals surface area (Å²) in [7, 11) is -3.44. The smallest absolute Gasteiger partial charge is 0.243 e. The van der Waals surface area contributed by atoms with Gasteiger partial charge >= 0.3 is 0 Å². The Morgan fingerprint density at radius 2 is 2.14 bits per heavy atom. The zero-order valence-electron chi connectivity index (χ0n) is 12.7. The Hall–Kier alpha value is -1.11. The van der Waals surface area contributed by atoms with Gasteiger partial charge in [-0.05, 0) is 44.4 Å². The molecule has 118 valence electrons. The number of hydrogen-bond acceptors (Lipinski definition) is 4. The maximum Gasteiger partial charge on any atom is 0.243 e. The molecule has 21 heavy (non-hydrogen) atoms. The van der Waals surface area contributed by atoms with Crippen molar-refractivity contribution in [3.63, 3.8) is 0 Å². The Labute approximate surface area is 127 Å². The summed E-state index contributed by atoms with van der Waals surface area (Å²) in [4.78, 5) is 0.312. The van der Waals surface area contributed by atoms with Gasteiger partial charge in [0.25, 0.3) is 0 Å². The van der Waals surface area contributed by atoms with Crippen LogP contribution in [0.25, 0.3) is 0 Å². The summed E-state index contributed by atoms with van der Waals surface area (Å²) in [6.07, 6.45) is 2.72. The average Bonchev–Trinajstić information content (AvgIpc) is 2.97. The van der Waals surface area contributed by atoms with Crippen LogP contribution >= 0.6 is 0 Å². The molecule has 0 bridgehead atoms. The summed E-state index contributed by atoms with van der Waals surface area (Å²) in [5.74, 6) is 0.660. The van der Waals surface area contributed by atoms with E-state index in [1.54, 1.807) is 22.5 Å². The van der Waals surface area contributed by atoms with E-state index >= 15 is 0 Å². The van der Waals surface area contributed by atoms with Crippen LogP contribution in [-0.4, -0.2) is 31.9 Å². The van der Waals surface area contributed by atoms with Crippen molar-refractivity contribution in [3.8, 4) is 5.75 Å². The van der Waals surface area contributed by atoms with Crippen molar-refractivity contribution in [2.45, 2.75) is 50.6 Å². The lowest BCUT2D eigenvalue weighted by Gasteiger charge is -2.23. The quantitative estimate of drug-likeness (QED) is 0.873. The molecule has 1 aliphatic rings. The van der Waals surface area contributed by atoms with Gasteiger partial charge in [-0.3, -0.25) is 0 Å². The van der Waals surface area contributed by atoms with Gasteiger partial charge in [0.15, 0.2) is 0 Å². The molecular formula is C15H24N2O3S. The van der Waals surface area contributed by atoms with Crippen LogP contribution in [0.15, 0.2) is 23.1 Å². The van der Waals surface area contributed by atoms with Crippen molar-refractivity contribution in [2.75, 3.05) is 13.2 Å². The highest BCUT2D eigenvalue weighted by molar-refractivity contribution is 7.89. The summed E-state index contributed by atoms with van der Waals surface area (Å²) in [6.45, 7) is 5.31. The maximum atomic E-state index is 12.8. The maximum absolute atomic E-state index is 12.8. The molecule has 1 heterocycles. The molecule has 1 aromatic rings. The Kier molecular flexibility index (Phi) is 5.24. The van der Waals surface area contributed by atoms with Crippen molar-refractivity contribution in [1.82, 2.24) is 4.31 Å². The molecule has 1 fully saturated rings. The van der Waals surface area contributed by atoms with E-state index in [-0.39, 0.29) is 12.6 Å². The van der Waals surface area contributed by atoms with Gasteiger partial charge in [0.1, 0.15) is 5.75 Å². The lowest BCUT2D eigenvalue weighted by Crippen LogP contribution is -2.35. The van der Waals surface area contributed by atoms with Crippen LogP contribution in [0.1, 0.15) is 38.7 Å². The second kappa shape index (κ2) is 6.77. The van der Waals surface area contributed by atoms with Crippen LogP contribution in [0, 0.1) is 0 Å². The van der Waals surface area contributed by atoms with E-state index in [0.717, 1.165) is 24.8 Å². The van der Waals surface area contributed by atoms with Crippen LogP contribution in [0.5, 0.6) is 5.75 Å². The summed E-state index contributed by atoms with van der Waals surface area (Å²) >= 11 is 0. The zero-order chi connectivity index (χ0) is 15.5. The first kappa shape index (κ1) is 16.3. The van der Waals surface area contributed by atoms with Gasteiger partial charge in [-0.1, -0.05) is 6.92 Å². The van der Waals surface area contributed by atoms with Gasteiger partial charge in [0.2, 0.25) is 10.0 Å². The fraction of sp³-hybridized carbons (Fsp3) is 0.600. The number of rotatable bonds is 6. The van der Waals surface area contributed by atoms with Crippen LogP contribution in [-0.2, 0) is 16.6 Å². The van der Waals surface area contributed by atoms with E-state index in [4.69, 9.17) is 10.5 Å². The number of ether oxygens (including phenoxy) is 1. The Bertz CT molecular complexity index is 587. The minimum Gasteiger partial charge on any atom is -0.494 e. The van der Waals surface area contributed by atoms with Crippen LogP contribution in [0.2, 0.25) is 0 Å². The van der Waals surface area contributed by atoms with Crippen molar-refractivity contribution in [3.05, 3.63) is 23.8 Å². The Balaban J connectivity index is 2.36. The van der Waals surface area contributed by atoms with E-state index < -0.39 is 10.0 Å². The van der Waals surface area contributed by atoms with Gasteiger partial charge in [-0.2, -0.15) is 4.31 Å². The SMILES string of the molecule is CCOc1ccc(S(=O)(=O)N2CCCC2CC)cc1CN. The average molecular weight is 312 g/mol. The van der Waals surface area contributed by atoms with E-state index in [2.05, 4.69) is 0 Å². The van der Waals surface area contributed by atoms with Crippen molar-refractivity contribution in [1.29, 1.82) is 0 Å². The first-order chi connectivity index (χ1) is 10.0. The van der Waals surface area contributed by atoms with Crippen molar-refractivity contribution < 1.29 is 13.2 Å². The van der Waals surface area contributed by atoms with Gasteiger partial charge in [-0.15, -0.1) is 0 Å². The van der Waals surface area contributed by atoms with Crippen LogP contribution in [0.3, 0.4) is 0 Å². The molecule has 1 aliphatic heterocycles. The molecule has 0 aliphatic carbocycles. The molecule has 1 aromatic carbocycles. The minimum absolute atomic E-state index is 0.114. The fourth-order valence-electron chi connectivity index (χ4n) is 2.84. The monoisotopic (exact) mass is 312 g/mol. The number of nitrogens with zero attached hydrogens (tertiary/aromatic N) is 1. The molecule has 0 spiro atoms. The summed E-state index contributed by atoms with van der Waals surface area (Å²) < 4.78 is 32.7. The van der Waals surface area contributed by atoms with Crippen molar-refractivity contribution in [2.24, 2.45) is 5.73 Å². The standard InChI is InChI=1S/C15H24N2O3S/c1-3-13-6-5-9-17(13)21(18,19)14-7-8-15(20-4-2)12(10-14)11-16/h7-8,10,13H,3-6,9,11,16H2,1-2H3. The Morgan fingerprint density at radius 3 is 2.76 bits per heavy atom. The molecule has 0 amide bonds. The molecule has 5 nitrogen and oxygen atoms in total. The van der Waals surface area contributed by atoms with Gasteiger partial charge in [0, 0.05) is 24.7 Å². The van der Waals surface area contributed by atoms with Crippen molar-refractivity contribution >= 4 is 10.0 Å². The van der Waals surface area contributed by atoms with Crippen LogP contribution in [0.4, 0.5) is 0 Å². The number of benzene rings is 1. The summed E-state index contributed by atoms with van der Waals surface area (Å²) in [5.41, 5.74) is 6.44. The molecule has 0 saturated carbocycles. The molecule has 1 saturated heterocycles. The van der Waals surface area contributed by atoms with Gasteiger partial charge < -0.3 is 10.5 Å². The predicted octanol–water partition coefficient (Wildman–Crippen LogP) is 2.11. The minimum atomic E-state index is -3.44. The summed E-state index contributed by atoms with van der Waals surface area (Å²) in [6, 6.07) is 5.08. The zero-order valence-corrected chi connectivity index (χ0v) is 13.5. The fourth-order valence-corrected chi connectivity index (χ4v) is 4.66. The third kappa shape index (κ3) is 3.22. The number of sulfonamides is 1. The normalized spacial score (nSPS) is 19.9. The third-order valence-electron chi connectivity index (χ3n) is 3.95. The lowest BCUT2D eigenvalue weighted by molar-refractivity contribution is 0.336. The van der Waals surface area contributed by atoms with E-state index in [9.17, 15) is 8.42 Å². The second-order valence-corrected chi connectivity index (χ2v) is 7.12. The van der Waals surface area contributed by atoms with E-state index in [1.165, 1.54) is 0 Å². The first-order valence-electron chi connectivity index (χ1n) is 7.52. The highest BCUT2D eigenvalue weighted by Gasteiger charge is 2.34. The highest BCUT2D eigenvalue weighted by atomic mass is 32.2. The highest BCUT2D eigenvalue weighted by Crippen LogP contribution is 2.30. The van der Waals surface area contributed by atoms with Gasteiger partial charge in [0.05, 0.1) is 11.5 Å². The topological polar surface area (TPSA) is 72.6 Å². The van der Waals surface area contributed by atoms with Crippen LogP contribution < -0.4 is 10.5 Å². The van der Waals surface area contributed by atoms with Gasteiger partial charge in [-0.25, -0.2) is 8.42 Å². The lowest BCUT2D eigenvalue weighted by atomic mass is 10.2. The predicted molar refractivity (Wildman–Crippen MR) is 82.7 cm³/mol. The molecule has 6 heteroatoms. The number of hydrogen-bond donors (Lipinski definition) is 1. The Morgan fingerprint density at radius 1 is 1.38 bits per heavy atom. The molecular weight excluding hydrogens is 288 g/mol. The van der Waals surface area contributed by atoms with E-state index in [0.29, 0.717) is 23.8 Å². The molecule has 1 unspecified atom stereocenters. The van der Waals surface area contributed by atoms with E-state index in [1.807, 2.05) is 13.8 Å². The molecule has 2 N–H and O–H groups in total. The second-order valence-electron chi connectivity index (χ2n) is 5.23. The molecule has 0 aromatic heterocycles. The third-order valence-corrected chi connectivity index (χ3v) is 5.90. The largest absolute Gasteiger partial charge is 0.494 e.